The minimum Gasteiger partial charge on any atom is -0.352 e. The Kier molecular flexibility index (Phi) is 9.48. The fourth-order valence-electron chi connectivity index (χ4n) is 5.18. The largest absolute Gasteiger partial charge is 0.352 e. The summed E-state index contributed by atoms with van der Waals surface area (Å²) in [4.78, 5) is 43.1. The predicted molar refractivity (Wildman–Crippen MR) is 154 cm³/mol. The Balaban J connectivity index is 1.34. The van der Waals surface area contributed by atoms with Crippen molar-refractivity contribution in [3.63, 3.8) is 0 Å². The maximum absolute atomic E-state index is 13.5. The van der Waals surface area contributed by atoms with Crippen molar-refractivity contribution in [2.24, 2.45) is 0 Å². The lowest BCUT2D eigenvalue weighted by Gasteiger charge is -2.41. The molecule has 0 bridgehead atoms. The molecule has 206 valence electrons. The Bertz CT molecular complexity index is 1270. The van der Waals surface area contributed by atoms with E-state index in [2.05, 4.69) is 37.4 Å². The van der Waals surface area contributed by atoms with Crippen LogP contribution in [-0.4, -0.2) is 63.5 Å². The molecule has 9 nitrogen and oxygen atoms in total. The zero-order valence-electron chi connectivity index (χ0n) is 22.9. The first-order valence-corrected chi connectivity index (χ1v) is 13.7. The molecule has 0 saturated carbocycles. The quantitative estimate of drug-likeness (QED) is 0.376. The van der Waals surface area contributed by atoms with Crippen LogP contribution >= 0.6 is 11.6 Å². The number of rotatable bonds is 8. The first-order chi connectivity index (χ1) is 18.7. The van der Waals surface area contributed by atoms with Crippen LogP contribution in [0.5, 0.6) is 0 Å². The number of urea groups is 1. The second-order valence-corrected chi connectivity index (χ2v) is 10.5. The number of halogens is 1. The summed E-state index contributed by atoms with van der Waals surface area (Å²) in [5, 5.41) is 6.43. The molecule has 4 rings (SSSR count). The van der Waals surface area contributed by atoms with Crippen molar-refractivity contribution < 1.29 is 9.59 Å². The van der Waals surface area contributed by atoms with Crippen LogP contribution in [0.1, 0.15) is 53.4 Å². The Morgan fingerprint density at radius 2 is 1.85 bits per heavy atom. The summed E-state index contributed by atoms with van der Waals surface area (Å²) in [5.74, 6) is -0.123. The van der Waals surface area contributed by atoms with Gasteiger partial charge in [0.15, 0.2) is 0 Å². The number of likely N-dealkylation sites (tertiary alicyclic amines) is 1. The first kappa shape index (κ1) is 28.4. The van der Waals surface area contributed by atoms with Crippen molar-refractivity contribution >= 4 is 34.9 Å². The smallest absolute Gasteiger partial charge is 0.326 e. The third-order valence-corrected chi connectivity index (χ3v) is 7.52. The van der Waals surface area contributed by atoms with E-state index in [0.29, 0.717) is 28.6 Å². The van der Waals surface area contributed by atoms with E-state index in [1.807, 2.05) is 30.9 Å². The monoisotopic (exact) mass is 549 g/mol. The third-order valence-electron chi connectivity index (χ3n) is 7.33. The predicted octanol–water partition coefficient (Wildman–Crippen LogP) is 5.16. The van der Waals surface area contributed by atoms with Crippen LogP contribution in [0.4, 0.5) is 16.2 Å². The van der Waals surface area contributed by atoms with Crippen LogP contribution in [-0.2, 0) is 0 Å². The van der Waals surface area contributed by atoms with Crippen molar-refractivity contribution in [3.8, 4) is 0 Å². The molecule has 1 aliphatic heterocycles. The number of aromatic nitrogens is 3. The summed E-state index contributed by atoms with van der Waals surface area (Å²) in [6, 6.07) is 7.40. The minimum absolute atomic E-state index is 0.0380. The van der Waals surface area contributed by atoms with Crippen LogP contribution in [0.3, 0.4) is 0 Å². The number of carbonyl (C=O) groups is 2. The van der Waals surface area contributed by atoms with Gasteiger partial charge in [-0.2, -0.15) is 0 Å². The zero-order chi connectivity index (χ0) is 27.9. The highest BCUT2D eigenvalue weighted by Crippen LogP contribution is 2.28. The van der Waals surface area contributed by atoms with E-state index in [4.69, 9.17) is 11.6 Å². The van der Waals surface area contributed by atoms with Gasteiger partial charge in [-0.3, -0.25) is 19.7 Å². The molecule has 1 atom stereocenters. The number of nitrogens with one attached hydrogen (secondary N) is 2. The van der Waals surface area contributed by atoms with E-state index in [9.17, 15) is 9.59 Å². The van der Waals surface area contributed by atoms with Gasteiger partial charge in [-0.15, -0.1) is 0 Å². The minimum atomic E-state index is -0.185. The number of aryl methyl sites for hydroxylation is 3. The molecule has 0 aliphatic carbocycles. The van der Waals surface area contributed by atoms with Gasteiger partial charge in [0, 0.05) is 44.1 Å². The van der Waals surface area contributed by atoms with Crippen molar-refractivity contribution in [1.82, 2.24) is 25.2 Å². The van der Waals surface area contributed by atoms with E-state index in [1.54, 1.807) is 43.8 Å². The fraction of sp³-hybridized carbons (Fsp3) is 0.414. The second-order valence-electron chi connectivity index (χ2n) is 10.1. The first-order valence-electron chi connectivity index (χ1n) is 13.3. The fourth-order valence-corrected chi connectivity index (χ4v) is 5.47. The Morgan fingerprint density at radius 1 is 1.10 bits per heavy atom. The van der Waals surface area contributed by atoms with E-state index in [-0.39, 0.29) is 24.0 Å². The molecule has 1 fully saturated rings. The van der Waals surface area contributed by atoms with Gasteiger partial charge in [0.1, 0.15) is 5.15 Å². The number of anilines is 2. The van der Waals surface area contributed by atoms with E-state index < -0.39 is 0 Å². The van der Waals surface area contributed by atoms with Gasteiger partial charge in [-0.05, 0) is 82.3 Å². The molecule has 0 aromatic carbocycles. The van der Waals surface area contributed by atoms with E-state index in [1.165, 1.54) is 0 Å². The van der Waals surface area contributed by atoms with Gasteiger partial charge >= 0.3 is 6.03 Å². The van der Waals surface area contributed by atoms with Gasteiger partial charge in [0.25, 0.3) is 5.91 Å². The number of pyridine rings is 3. The number of amides is 3. The lowest BCUT2D eigenvalue weighted by molar-refractivity contribution is 0.0944. The molecule has 3 aromatic heterocycles. The average molecular weight is 550 g/mol. The number of nitrogens with zero attached hydrogens (tertiary/aromatic N) is 5. The molecule has 39 heavy (non-hydrogen) atoms. The van der Waals surface area contributed by atoms with Gasteiger partial charge in [-0.25, -0.2) is 9.78 Å². The van der Waals surface area contributed by atoms with Gasteiger partial charge in [0.2, 0.25) is 0 Å². The van der Waals surface area contributed by atoms with Crippen LogP contribution in [0.15, 0.2) is 49.1 Å². The summed E-state index contributed by atoms with van der Waals surface area (Å²) >= 11 is 6.01. The summed E-state index contributed by atoms with van der Waals surface area (Å²) in [7, 11) is 0. The normalized spacial score (nSPS) is 15.0. The standard InChI is InChI=1S/C29H36ClN7O2/c1-19-7-12-32-18-25(19)37(29(39)35-23-6-5-11-31-17-23)24-9-14-36(15-10-24)21(3)8-13-33-28(38)27-20(2)16-26(30)34-22(27)4/h5-7,11-12,16-18,21,24H,8-10,13-15H2,1-4H3,(H,33,38)(H,35,39)/t21-/m1/s1. The third kappa shape index (κ3) is 7.10. The molecule has 3 amide bonds. The van der Waals surface area contributed by atoms with Gasteiger partial charge < -0.3 is 15.5 Å². The molecule has 3 aromatic rings. The van der Waals surface area contributed by atoms with Gasteiger partial charge in [0.05, 0.1) is 35.0 Å². The molecular formula is C29H36ClN7O2. The maximum Gasteiger partial charge on any atom is 0.326 e. The number of piperidine rings is 1. The molecule has 1 saturated heterocycles. The summed E-state index contributed by atoms with van der Waals surface area (Å²) in [6.45, 7) is 10.1. The van der Waals surface area contributed by atoms with Crippen molar-refractivity contribution in [3.05, 3.63) is 76.6 Å². The Labute approximate surface area is 235 Å². The lowest BCUT2D eigenvalue weighted by atomic mass is 10.00. The van der Waals surface area contributed by atoms with Crippen LogP contribution in [0.25, 0.3) is 0 Å². The topological polar surface area (TPSA) is 103 Å². The SMILES string of the molecule is Cc1ccncc1N(C(=O)Nc1cccnc1)C1CCN([C@H](C)CCNC(=O)c2c(C)cc(Cl)nc2C)CC1. The molecule has 1 aliphatic rings. The van der Waals surface area contributed by atoms with Gasteiger partial charge in [-0.1, -0.05) is 11.6 Å². The summed E-state index contributed by atoms with van der Waals surface area (Å²) in [5.41, 5.74) is 4.51. The summed E-state index contributed by atoms with van der Waals surface area (Å²) < 4.78 is 0. The van der Waals surface area contributed by atoms with Crippen LogP contribution in [0.2, 0.25) is 5.15 Å². The lowest BCUT2D eigenvalue weighted by Crippen LogP contribution is -2.51. The highest BCUT2D eigenvalue weighted by Gasteiger charge is 2.31. The summed E-state index contributed by atoms with van der Waals surface area (Å²) in [6.07, 6.45) is 9.31. The maximum atomic E-state index is 13.5. The van der Waals surface area contributed by atoms with Crippen molar-refractivity contribution in [2.75, 3.05) is 29.9 Å². The van der Waals surface area contributed by atoms with Crippen molar-refractivity contribution in [1.29, 1.82) is 0 Å². The molecule has 0 radical (unpaired) electrons. The van der Waals surface area contributed by atoms with Crippen molar-refractivity contribution in [2.45, 2.75) is 59.0 Å². The Morgan fingerprint density at radius 3 is 2.51 bits per heavy atom. The van der Waals surface area contributed by atoms with Crippen LogP contribution < -0.4 is 15.5 Å². The molecule has 10 heteroatoms. The average Bonchev–Trinajstić information content (AvgIpc) is 2.90. The molecule has 0 spiro atoms. The highest BCUT2D eigenvalue weighted by molar-refractivity contribution is 6.29. The number of hydrogen-bond acceptors (Lipinski definition) is 6. The van der Waals surface area contributed by atoms with Crippen LogP contribution in [0, 0.1) is 20.8 Å². The molecule has 2 N–H and O–H groups in total. The molecular weight excluding hydrogens is 514 g/mol. The second kappa shape index (κ2) is 13.0. The van der Waals surface area contributed by atoms with E-state index in [0.717, 1.165) is 49.2 Å². The highest BCUT2D eigenvalue weighted by atomic mass is 35.5. The molecule has 0 unspecified atom stereocenters. The Hall–Kier alpha value is -3.56. The number of carbonyl (C=O) groups excluding carboxylic acids is 2. The number of hydrogen-bond donors (Lipinski definition) is 2. The molecule has 4 heterocycles. The van der Waals surface area contributed by atoms with E-state index >= 15 is 0 Å². The zero-order valence-corrected chi connectivity index (χ0v) is 23.7.